The van der Waals surface area contributed by atoms with Gasteiger partial charge in [0, 0.05) is 23.1 Å². The summed E-state index contributed by atoms with van der Waals surface area (Å²) in [6.45, 7) is 5.70. The van der Waals surface area contributed by atoms with Gasteiger partial charge in [-0.1, -0.05) is 12.1 Å². The molecule has 5 rings (SSSR count). The lowest BCUT2D eigenvalue weighted by Crippen LogP contribution is -2.01. The minimum Gasteiger partial charge on any atom is -0.438 e. The number of ether oxygens (including phenoxy) is 1. The van der Waals surface area contributed by atoms with Crippen LogP contribution in [0.3, 0.4) is 0 Å². The lowest BCUT2D eigenvalue weighted by molar-refractivity contribution is 0.464. The fraction of sp³-hybridized carbons (Fsp3) is 0.136. The maximum atomic E-state index is 11.8. The zero-order valence-corrected chi connectivity index (χ0v) is 15.7. The molecule has 0 bridgehead atoms. The van der Waals surface area contributed by atoms with E-state index in [4.69, 9.17) is 9.15 Å². The van der Waals surface area contributed by atoms with E-state index in [1.807, 2.05) is 67.8 Å². The van der Waals surface area contributed by atoms with Gasteiger partial charge in [-0.2, -0.15) is 10.1 Å². The third-order valence-electron chi connectivity index (χ3n) is 4.92. The highest BCUT2D eigenvalue weighted by Gasteiger charge is 2.15. The molecule has 3 heterocycles. The van der Waals surface area contributed by atoms with E-state index in [1.54, 1.807) is 0 Å². The summed E-state index contributed by atoms with van der Waals surface area (Å²) in [5.74, 6) is 1.08. The first kappa shape index (κ1) is 16.5. The molecule has 28 heavy (non-hydrogen) atoms. The van der Waals surface area contributed by atoms with Crippen LogP contribution in [0.5, 0.6) is 11.6 Å². The Morgan fingerprint density at radius 1 is 1.00 bits per heavy atom. The summed E-state index contributed by atoms with van der Waals surface area (Å²) >= 11 is 0. The summed E-state index contributed by atoms with van der Waals surface area (Å²) in [5, 5.41) is 6.26. The SMILES string of the molecule is Cc1cc2nc(Oc3ccc4c(C)cc(=O)oc4c3C)c3ccccc3n2n1. The molecule has 0 saturated carbocycles. The molecule has 0 fully saturated rings. The van der Waals surface area contributed by atoms with E-state index in [9.17, 15) is 4.79 Å². The average molecular weight is 371 g/mol. The Labute approximate surface area is 160 Å². The van der Waals surface area contributed by atoms with Gasteiger partial charge < -0.3 is 9.15 Å². The van der Waals surface area contributed by atoms with Gasteiger partial charge in [-0.25, -0.2) is 9.31 Å². The second-order valence-corrected chi connectivity index (χ2v) is 6.91. The van der Waals surface area contributed by atoms with E-state index >= 15 is 0 Å². The van der Waals surface area contributed by atoms with E-state index in [0.717, 1.165) is 33.1 Å². The molecule has 0 aliphatic heterocycles. The summed E-state index contributed by atoms with van der Waals surface area (Å²) in [7, 11) is 0. The van der Waals surface area contributed by atoms with Crippen molar-refractivity contribution in [1.82, 2.24) is 14.6 Å². The molecule has 0 N–H and O–H groups in total. The molecule has 138 valence electrons. The summed E-state index contributed by atoms with van der Waals surface area (Å²) in [6.07, 6.45) is 0. The predicted molar refractivity (Wildman–Crippen MR) is 107 cm³/mol. The molecule has 6 heteroatoms. The van der Waals surface area contributed by atoms with Crippen LogP contribution in [0, 0.1) is 20.8 Å². The van der Waals surface area contributed by atoms with Crippen LogP contribution in [-0.2, 0) is 0 Å². The van der Waals surface area contributed by atoms with Crippen molar-refractivity contribution < 1.29 is 9.15 Å². The van der Waals surface area contributed by atoms with Gasteiger partial charge in [0.2, 0.25) is 5.88 Å². The molecule has 3 aromatic heterocycles. The lowest BCUT2D eigenvalue weighted by Gasteiger charge is -2.12. The van der Waals surface area contributed by atoms with Gasteiger partial charge in [-0.3, -0.25) is 0 Å². The first-order valence-electron chi connectivity index (χ1n) is 8.98. The molecule has 0 saturated heterocycles. The number of para-hydroxylation sites is 1. The molecular weight excluding hydrogens is 354 g/mol. The highest BCUT2D eigenvalue weighted by atomic mass is 16.5. The van der Waals surface area contributed by atoms with Gasteiger partial charge in [-0.15, -0.1) is 0 Å². The zero-order chi connectivity index (χ0) is 19.4. The van der Waals surface area contributed by atoms with E-state index in [0.29, 0.717) is 22.9 Å². The van der Waals surface area contributed by atoms with Crippen LogP contribution < -0.4 is 10.4 Å². The molecule has 0 spiro atoms. The lowest BCUT2D eigenvalue weighted by atomic mass is 10.1. The maximum Gasteiger partial charge on any atom is 0.336 e. The number of hydrogen-bond acceptors (Lipinski definition) is 5. The van der Waals surface area contributed by atoms with Crippen LogP contribution in [0.15, 0.2) is 57.7 Å². The number of hydrogen-bond donors (Lipinski definition) is 0. The van der Waals surface area contributed by atoms with Crippen molar-refractivity contribution >= 4 is 27.5 Å². The van der Waals surface area contributed by atoms with Crippen molar-refractivity contribution in [2.75, 3.05) is 0 Å². The molecule has 0 unspecified atom stereocenters. The number of aryl methyl sites for hydroxylation is 3. The number of fused-ring (bicyclic) bond motifs is 4. The summed E-state index contributed by atoms with van der Waals surface area (Å²) in [4.78, 5) is 16.5. The Hall–Kier alpha value is -3.67. The maximum absolute atomic E-state index is 11.8. The molecule has 0 aliphatic rings. The second-order valence-electron chi connectivity index (χ2n) is 6.91. The zero-order valence-electron chi connectivity index (χ0n) is 15.7. The minimum atomic E-state index is -0.370. The smallest absolute Gasteiger partial charge is 0.336 e. The molecule has 0 radical (unpaired) electrons. The van der Waals surface area contributed by atoms with Crippen LogP contribution >= 0.6 is 0 Å². The number of aromatic nitrogens is 3. The molecule has 0 amide bonds. The Bertz CT molecular complexity index is 1450. The van der Waals surface area contributed by atoms with Gasteiger partial charge in [0.25, 0.3) is 0 Å². The van der Waals surface area contributed by atoms with Crippen molar-refractivity contribution in [1.29, 1.82) is 0 Å². The summed E-state index contributed by atoms with van der Waals surface area (Å²) in [5.41, 5.74) is 4.31. The molecule has 0 atom stereocenters. The van der Waals surface area contributed by atoms with Gasteiger partial charge in [-0.05, 0) is 50.6 Å². The number of rotatable bonds is 2. The van der Waals surface area contributed by atoms with Gasteiger partial charge in [0.1, 0.15) is 11.3 Å². The predicted octanol–water partition coefficient (Wildman–Crippen LogP) is 4.71. The molecule has 5 aromatic rings. The standard InChI is InChI=1S/C22H17N3O3/c1-12-10-20(26)28-21-14(3)18(9-8-15(12)21)27-22-16-6-4-5-7-17(16)25-19(23-22)11-13(2)24-25/h4-11H,1-3H3. The Morgan fingerprint density at radius 2 is 1.82 bits per heavy atom. The van der Waals surface area contributed by atoms with Crippen LogP contribution in [0.4, 0.5) is 0 Å². The highest BCUT2D eigenvalue weighted by molar-refractivity contribution is 5.87. The highest BCUT2D eigenvalue weighted by Crippen LogP contribution is 2.34. The van der Waals surface area contributed by atoms with Gasteiger partial charge in [0.05, 0.1) is 16.6 Å². The van der Waals surface area contributed by atoms with Crippen molar-refractivity contribution in [3.8, 4) is 11.6 Å². The van der Waals surface area contributed by atoms with Crippen LogP contribution in [0.25, 0.3) is 27.5 Å². The third kappa shape index (κ3) is 2.45. The molecule has 0 aliphatic carbocycles. The minimum absolute atomic E-state index is 0.370. The van der Waals surface area contributed by atoms with E-state index in [2.05, 4.69) is 10.1 Å². The topological polar surface area (TPSA) is 69.6 Å². The van der Waals surface area contributed by atoms with E-state index in [1.165, 1.54) is 6.07 Å². The van der Waals surface area contributed by atoms with Gasteiger partial charge in [0.15, 0.2) is 5.65 Å². The molecule has 2 aromatic carbocycles. The van der Waals surface area contributed by atoms with Crippen LogP contribution in [0.1, 0.15) is 16.8 Å². The van der Waals surface area contributed by atoms with Crippen molar-refractivity contribution in [3.05, 3.63) is 75.8 Å². The van der Waals surface area contributed by atoms with Crippen LogP contribution in [-0.4, -0.2) is 14.6 Å². The Morgan fingerprint density at radius 3 is 2.68 bits per heavy atom. The molecule has 6 nitrogen and oxygen atoms in total. The quantitative estimate of drug-likeness (QED) is 0.421. The summed E-state index contributed by atoms with van der Waals surface area (Å²) < 4.78 is 13.5. The Kier molecular flexibility index (Phi) is 3.49. The number of benzene rings is 2. The Balaban J connectivity index is 1.73. The van der Waals surface area contributed by atoms with Crippen LogP contribution in [0.2, 0.25) is 0 Å². The fourth-order valence-electron chi connectivity index (χ4n) is 3.54. The van der Waals surface area contributed by atoms with Gasteiger partial charge >= 0.3 is 5.63 Å². The molecular formula is C22H17N3O3. The average Bonchev–Trinajstić information content (AvgIpc) is 3.05. The van der Waals surface area contributed by atoms with Crippen molar-refractivity contribution in [2.24, 2.45) is 0 Å². The monoisotopic (exact) mass is 371 g/mol. The largest absolute Gasteiger partial charge is 0.438 e. The van der Waals surface area contributed by atoms with E-state index in [-0.39, 0.29) is 5.63 Å². The number of nitrogens with zero attached hydrogens (tertiary/aromatic N) is 3. The first-order chi connectivity index (χ1) is 13.5. The van der Waals surface area contributed by atoms with Crippen molar-refractivity contribution in [3.63, 3.8) is 0 Å². The second kappa shape index (κ2) is 5.92. The van der Waals surface area contributed by atoms with Crippen molar-refractivity contribution in [2.45, 2.75) is 20.8 Å². The normalized spacial score (nSPS) is 11.5. The van der Waals surface area contributed by atoms with E-state index < -0.39 is 0 Å². The summed E-state index contributed by atoms with van der Waals surface area (Å²) in [6, 6.07) is 15.0. The first-order valence-corrected chi connectivity index (χ1v) is 8.98. The third-order valence-corrected chi connectivity index (χ3v) is 4.92. The fourth-order valence-corrected chi connectivity index (χ4v) is 3.54.